The van der Waals surface area contributed by atoms with E-state index < -0.39 is 22.0 Å². The largest absolute Gasteiger partial charge is 0.488 e. The number of amides is 1. The second-order valence-corrected chi connectivity index (χ2v) is 6.99. The van der Waals surface area contributed by atoms with E-state index in [4.69, 9.17) is 16.3 Å². The maximum Gasteiger partial charge on any atom is 0.395 e. The minimum absolute atomic E-state index is 0.0486. The second-order valence-electron chi connectivity index (χ2n) is 6.58. The summed E-state index contributed by atoms with van der Waals surface area (Å²) in [4.78, 5) is 39.2. The van der Waals surface area contributed by atoms with Gasteiger partial charge in [0.2, 0.25) is 0 Å². The third-order valence-electron chi connectivity index (χ3n) is 4.20. The molecule has 0 aliphatic rings. The number of aromatic nitrogens is 2. The number of aromatic amines is 1. The molecule has 1 heterocycles. The highest BCUT2D eigenvalue weighted by molar-refractivity contribution is 6.31. The molecule has 0 aliphatic carbocycles. The minimum Gasteiger partial charge on any atom is -0.488 e. The van der Waals surface area contributed by atoms with E-state index in [1.165, 1.54) is 6.08 Å². The van der Waals surface area contributed by atoms with E-state index in [1.54, 1.807) is 48.5 Å². The highest BCUT2D eigenvalue weighted by Crippen LogP contribution is 2.20. The summed E-state index contributed by atoms with van der Waals surface area (Å²) in [5, 5.41) is 23.6. The fourth-order valence-corrected chi connectivity index (χ4v) is 2.75. The molecule has 3 N–H and O–H groups in total. The molecule has 0 fully saturated rings. The second kappa shape index (κ2) is 9.75. The smallest absolute Gasteiger partial charge is 0.395 e. The highest BCUT2D eigenvalue weighted by atomic mass is 35.5. The van der Waals surface area contributed by atoms with Crippen LogP contribution in [0.15, 0.2) is 47.3 Å². The highest BCUT2D eigenvalue weighted by Gasteiger charge is 2.21. The molecule has 0 aliphatic heterocycles. The number of hydrogen-bond donors (Lipinski definition) is 3. The number of benzene rings is 2. The van der Waals surface area contributed by atoms with Crippen LogP contribution in [0.5, 0.6) is 11.6 Å². The number of rotatable bonds is 7. The van der Waals surface area contributed by atoms with Gasteiger partial charge in [0.05, 0.1) is 4.92 Å². The Morgan fingerprint density at radius 3 is 2.62 bits per heavy atom. The maximum atomic E-state index is 12.1. The molecule has 2 aromatic carbocycles. The van der Waals surface area contributed by atoms with Crippen LogP contribution >= 0.6 is 11.6 Å². The molecule has 0 unspecified atom stereocenters. The van der Waals surface area contributed by atoms with Crippen molar-refractivity contribution in [3.8, 4) is 11.6 Å². The lowest BCUT2D eigenvalue weighted by atomic mass is 10.2. The predicted molar refractivity (Wildman–Crippen MR) is 119 cm³/mol. The Kier molecular flexibility index (Phi) is 6.86. The molecule has 3 rings (SSSR count). The van der Waals surface area contributed by atoms with Crippen molar-refractivity contribution in [3.63, 3.8) is 0 Å². The lowest BCUT2D eigenvalue weighted by Crippen LogP contribution is -2.20. The molecular formula is C21H17ClN4O6. The molecule has 0 spiro atoms. The molecular weight excluding hydrogens is 440 g/mol. The zero-order chi connectivity index (χ0) is 23.3. The summed E-state index contributed by atoms with van der Waals surface area (Å²) in [6.45, 7) is 1.65. The van der Waals surface area contributed by atoms with Crippen LogP contribution < -0.4 is 15.6 Å². The topological polar surface area (TPSA) is 147 Å². The van der Waals surface area contributed by atoms with Gasteiger partial charge in [-0.15, -0.1) is 0 Å². The Hall–Kier alpha value is -4.18. The van der Waals surface area contributed by atoms with Gasteiger partial charge in [-0.2, -0.15) is 4.98 Å². The quantitative estimate of drug-likeness (QED) is 0.363. The number of aryl methyl sites for hydroxylation is 1. The van der Waals surface area contributed by atoms with E-state index in [-0.39, 0.29) is 18.3 Å². The summed E-state index contributed by atoms with van der Waals surface area (Å²) in [7, 11) is 0. The number of carbonyl (C=O) groups excluding carboxylic acids is 1. The number of nitrogens with one attached hydrogen (secondary N) is 2. The summed E-state index contributed by atoms with van der Waals surface area (Å²) in [5.41, 5.74) is 0.0814. The third-order valence-corrected chi connectivity index (χ3v) is 4.63. The number of anilines is 1. The lowest BCUT2D eigenvalue weighted by molar-refractivity contribution is -0.387. The van der Waals surface area contributed by atoms with E-state index in [1.807, 2.05) is 6.92 Å². The fraction of sp³-hybridized carbons (Fsp3) is 0.0952. The molecule has 0 bridgehead atoms. The van der Waals surface area contributed by atoms with Crippen molar-refractivity contribution < 1.29 is 19.6 Å². The van der Waals surface area contributed by atoms with E-state index in [0.29, 0.717) is 22.0 Å². The fourth-order valence-electron chi connectivity index (χ4n) is 2.63. The first kappa shape index (κ1) is 22.5. The van der Waals surface area contributed by atoms with Crippen LogP contribution in [0.2, 0.25) is 5.02 Å². The van der Waals surface area contributed by atoms with Crippen molar-refractivity contribution in [2.24, 2.45) is 0 Å². The van der Waals surface area contributed by atoms with Crippen molar-refractivity contribution in [1.82, 2.24) is 9.97 Å². The average Bonchev–Trinajstić information content (AvgIpc) is 2.73. The zero-order valence-electron chi connectivity index (χ0n) is 16.7. The molecule has 0 radical (unpaired) electrons. The molecule has 164 valence electrons. The van der Waals surface area contributed by atoms with Crippen molar-refractivity contribution in [2.75, 3.05) is 11.9 Å². The average molecular weight is 457 g/mol. The first-order valence-corrected chi connectivity index (χ1v) is 9.55. The summed E-state index contributed by atoms with van der Waals surface area (Å²) >= 11 is 5.96. The number of carbonyl (C=O) groups is 1. The predicted octanol–water partition coefficient (Wildman–Crippen LogP) is 3.53. The van der Waals surface area contributed by atoms with Crippen LogP contribution in [0, 0.1) is 17.0 Å². The molecule has 11 heteroatoms. The molecule has 0 atom stereocenters. The monoisotopic (exact) mass is 456 g/mol. The Morgan fingerprint density at radius 1 is 1.28 bits per heavy atom. The zero-order valence-corrected chi connectivity index (χ0v) is 17.4. The number of aromatic hydroxyl groups is 1. The van der Waals surface area contributed by atoms with Gasteiger partial charge in [-0.1, -0.05) is 29.8 Å². The number of halogens is 1. The van der Waals surface area contributed by atoms with Crippen LogP contribution in [-0.2, 0) is 4.79 Å². The number of H-pyrrole nitrogens is 1. The van der Waals surface area contributed by atoms with Gasteiger partial charge in [-0.05, 0) is 54.5 Å². The van der Waals surface area contributed by atoms with Gasteiger partial charge in [-0.25, -0.2) is 0 Å². The van der Waals surface area contributed by atoms with Crippen LogP contribution in [-0.4, -0.2) is 32.5 Å². The van der Waals surface area contributed by atoms with Gasteiger partial charge >= 0.3 is 11.2 Å². The van der Waals surface area contributed by atoms with Crippen LogP contribution in [0.25, 0.3) is 12.2 Å². The lowest BCUT2D eigenvalue weighted by Gasteiger charge is -2.09. The van der Waals surface area contributed by atoms with Crippen LogP contribution in [0.3, 0.4) is 0 Å². The van der Waals surface area contributed by atoms with Crippen molar-refractivity contribution in [3.05, 3.63) is 84.9 Å². The SMILES string of the molecule is Cc1cc(NC(=O)COc2ccc(/C=C/c3nc(O)c([N+](=O)[O-])c(=O)[nH]3)cc2)ccc1Cl. The molecule has 1 amide bonds. The Balaban J connectivity index is 1.58. The van der Waals surface area contributed by atoms with E-state index in [9.17, 15) is 24.8 Å². The molecule has 1 aromatic heterocycles. The molecule has 3 aromatic rings. The third kappa shape index (κ3) is 5.70. The maximum absolute atomic E-state index is 12.1. The Morgan fingerprint density at radius 2 is 2.00 bits per heavy atom. The first-order valence-electron chi connectivity index (χ1n) is 9.17. The van der Waals surface area contributed by atoms with Gasteiger partial charge in [0.1, 0.15) is 11.6 Å². The minimum atomic E-state index is -1.06. The van der Waals surface area contributed by atoms with Gasteiger partial charge in [0, 0.05) is 10.7 Å². The molecule has 0 saturated carbocycles. The van der Waals surface area contributed by atoms with Gasteiger partial charge in [0.25, 0.3) is 11.8 Å². The molecule has 32 heavy (non-hydrogen) atoms. The summed E-state index contributed by atoms with van der Waals surface area (Å²) in [6, 6.07) is 11.8. The Labute approximate surface area is 186 Å². The summed E-state index contributed by atoms with van der Waals surface area (Å²) in [5.74, 6) is -0.880. The Bertz CT molecular complexity index is 1250. The number of hydrogen-bond acceptors (Lipinski definition) is 7. The number of nitro groups is 1. The van der Waals surface area contributed by atoms with E-state index in [0.717, 1.165) is 5.56 Å². The van der Waals surface area contributed by atoms with Gasteiger partial charge < -0.3 is 20.1 Å². The summed E-state index contributed by atoms with van der Waals surface area (Å²) < 4.78 is 5.46. The summed E-state index contributed by atoms with van der Waals surface area (Å²) in [6.07, 6.45) is 2.95. The van der Waals surface area contributed by atoms with E-state index in [2.05, 4.69) is 15.3 Å². The number of ether oxygens (including phenoxy) is 1. The first-order chi connectivity index (χ1) is 15.2. The van der Waals surface area contributed by atoms with Crippen LogP contribution in [0.1, 0.15) is 17.0 Å². The van der Waals surface area contributed by atoms with Crippen molar-refractivity contribution in [1.29, 1.82) is 0 Å². The van der Waals surface area contributed by atoms with Crippen LogP contribution in [0.4, 0.5) is 11.4 Å². The molecule has 10 nitrogen and oxygen atoms in total. The normalized spacial score (nSPS) is 10.8. The molecule has 0 saturated heterocycles. The number of nitrogens with zero attached hydrogens (tertiary/aromatic N) is 2. The van der Waals surface area contributed by atoms with Gasteiger partial charge in [-0.3, -0.25) is 19.7 Å². The van der Waals surface area contributed by atoms with E-state index >= 15 is 0 Å². The standard InChI is InChI=1S/C21H17ClN4O6/c1-12-10-14(5-8-16(12)22)23-18(27)11-32-15-6-2-13(3-7-15)4-9-17-24-20(28)19(26(30)31)21(29)25-17/h2-10H,11H2,1H3,(H,23,27)(H2,24,25,28,29)/b9-4+. The van der Waals surface area contributed by atoms with Crippen molar-refractivity contribution in [2.45, 2.75) is 6.92 Å². The van der Waals surface area contributed by atoms with Gasteiger partial charge in [0.15, 0.2) is 6.61 Å². The van der Waals surface area contributed by atoms with Crippen molar-refractivity contribution >= 4 is 41.0 Å².